The average molecular weight is 567 g/mol. The number of benzene rings is 3. The first-order valence-corrected chi connectivity index (χ1v) is 17.0. The predicted molar refractivity (Wildman–Crippen MR) is 170 cm³/mol. The SMILES string of the molecule is CCCCCCCSSCCCCCCOC(c1ccccc1)(c1ccc(OC)cc1)c1ccc(OC)cc1. The van der Waals surface area contributed by atoms with Crippen molar-refractivity contribution in [3.05, 3.63) is 95.6 Å². The zero-order valence-corrected chi connectivity index (χ0v) is 25.7. The third kappa shape index (κ3) is 9.81. The first kappa shape index (κ1) is 31.4. The summed E-state index contributed by atoms with van der Waals surface area (Å²) in [6, 6.07) is 27.1. The van der Waals surface area contributed by atoms with Crippen LogP contribution in [0.15, 0.2) is 78.9 Å². The van der Waals surface area contributed by atoms with Crippen molar-refractivity contribution in [2.45, 2.75) is 70.3 Å². The van der Waals surface area contributed by atoms with Crippen LogP contribution in [0.5, 0.6) is 11.5 Å². The van der Waals surface area contributed by atoms with E-state index < -0.39 is 5.60 Å². The zero-order chi connectivity index (χ0) is 27.6. The molecule has 0 N–H and O–H groups in total. The van der Waals surface area contributed by atoms with Crippen LogP contribution >= 0.6 is 21.6 Å². The summed E-state index contributed by atoms with van der Waals surface area (Å²) in [5.41, 5.74) is 2.57. The quantitative estimate of drug-likeness (QED) is 0.0771. The molecule has 3 aromatic carbocycles. The molecule has 0 aromatic heterocycles. The Morgan fingerprint density at radius 3 is 1.49 bits per heavy atom. The summed E-state index contributed by atoms with van der Waals surface area (Å²) in [5, 5.41) is 0. The molecule has 212 valence electrons. The van der Waals surface area contributed by atoms with Crippen molar-refractivity contribution in [2.24, 2.45) is 0 Å². The fraction of sp³-hybridized carbons (Fsp3) is 0.471. The van der Waals surface area contributed by atoms with Gasteiger partial charge in [0.2, 0.25) is 0 Å². The number of unbranched alkanes of at least 4 members (excludes halogenated alkanes) is 7. The van der Waals surface area contributed by atoms with Crippen LogP contribution in [-0.2, 0) is 10.3 Å². The normalized spacial score (nSPS) is 11.5. The Bertz CT molecular complexity index is 975. The van der Waals surface area contributed by atoms with E-state index in [-0.39, 0.29) is 0 Å². The highest BCUT2D eigenvalue weighted by molar-refractivity contribution is 8.76. The second kappa shape index (κ2) is 18.3. The van der Waals surface area contributed by atoms with Crippen molar-refractivity contribution in [1.82, 2.24) is 0 Å². The summed E-state index contributed by atoms with van der Waals surface area (Å²) in [7, 11) is 7.50. The third-order valence-corrected chi connectivity index (χ3v) is 9.61. The summed E-state index contributed by atoms with van der Waals surface area (Å²) < 4.78 is 17.8. The number of rotatable bonds is 20. The third-order valence-electron chi connectivity index (χ3n) is 7.03. The van der Waals surface area contributed by atoms with Crippen molar-refractivity contribution >= 4 is 21.6 Å². The van der Waals surface area contributed by atoms with E-state index in [1.807, 2.05) is 35.1 Å². The second-order valence-electron chi connectivity index (χ2n) is 9.83. The first-order chi connectivity index (χ1) is 19.2. The molecule has 3 aromatic rings. The van der Waals surface area contributed by atoms with Gasteiger partial charge in [0, 0.05) is 18.1 Å². The van der Waals surface area contributed by atoms with Crippen LogP contribution in [0.4, 0.5) is 0 Å². The predicted octanol–water partition coefficient (Wildman–Crippen LogP) is 9.92. The zero-order valence-electron chi connectivity index (χ0n) is 24.0. The van der Waals surface area contributed by atoms with E-state index in [9.17, 15) is 0 Å². The molecule has 0 bridgehead atoms. The van der Waals surface area contributed by atoms with Gasteiger partial charge >= 0.3 is 0 Å². The molecule has 0 unspecified atom stereocenters. The first-order valence-electron chi connectivity index (χ1n) is 14.5. The van der Waals surface area contributed by atoms with Gasteiger partial charge in [-0.05, 0) is 60.2 Å². The minimum absolute atomic E-state index is 0.687. The lowest BCUT2D eigenvalue weighted by atomic mass is 9.80. The Balaban J connectivity index is 1.61. The molecule has 0 atom stereocenters. The maximum atomic E-state index is 6.94. The number of hydrogen-bond acceptors (Lipinski definition) is 5. The Kier molecular flexibility index (Phi) is 14.8. The fourth-order valence-corrected chi connectivity index (χ4v) is 7.09. The van der Waals surface area contributed by atoms with E-state index in [0.717, 1.165) is 34.6 Å². The molecule has 0 aliphatic heterocycles. The Hall–Kier alpha value is -2.08. The minimum atomic E-state index is -0.719. The van der Waals surface area contributed by atoms with Gasteiger partial charge in [0.1, 0.15) is 17.1 Å². The molecular weight excluding hydrogens is 521 g/mol. The highest BCUT2D eigenvalue weighted by atomic mass is 33.1. The lowest BCUT2D eigenvalue weighted by Crippen LogP contribution is -2.33. The highest BCUT2D eigenvalue weighted by Gasteiger charge is 2.37. The smallest absolute Gasteiger partial charge is 0.143 e. The molecule has 5 heteroatoms. The van der Waals surface area contributed by atoms with Gasteiger partial charge in [0.05, 0.1) is 14.2 Å². The molecule has 3 nitrogen and oxygen atoms in total. The van der Waals surface area contributed by atoms with Crippen molar-refractivity contribution < 1.29 is 14.2 Å². The standard InChI is InChI=1S/C34H46O3S2/c1-4-5-6-8-14-27-38-39-28-15-9-7-13-26-37-34(29-16-11-10-12-17-29,30-18-22-32(35-2)23-19-30)31-20-24-33(36-3)25-21-31/h10-12,16-25H,4-9,13-15,26-28H2,1-3H3. The molecule has 0 amide bonds. The van der Waals surface area contributed by atoms with Gasteiger partial charge in [-0.2, -0.15) is 0 Å². The van der Waals surface area contributed by atoms with Crippen molar-refractivity contribution in [3.63, 3.8) is 0 Å². The number of hydrogen-bond donors (Lipinski definition) is 0. The Labute approximate surface area is 244 Å². The van der Waals surface area contributed by atoms with E-state index in [0.29, 0.717) is 6.61 Å². The van der Waals surface area contributed by atoms with Gasteiger partial charge in [-0.1, -0.05) is 122 Å². The molecule has 0 aliphatic rings. The van der Waals surface area contributed by atoms with E-state index >= 15 is 0 Å². The van der Waals surface area contributed by atoms with Crippen molar-refractivity contribution in [2.75, 3.05) is 32.3 Å². The van der Waals surface area contributed by atoms with E-state index in [1.54, 1.807) is 14.2 Å². The number of methoxy groups -OCH3 is 2. The summed E-state index contributed by atoms with van der Waals surface area (Å²) in [6.45, 7) is 2.96. The minimum Gasteiger partial charge on any atom is -0.497 e. The largest absolute Gasteiger partial charge is 0.497 e. The van der Waals surface area contributed by atoms with Crippen molar-refractivity contribution in [3.8, 4) is 11.5 Å². The topological polar surface area (TPSA) is 27.7 Å². The van der Waals surface area contributed by atoms with Crippen molar-refractivity contribution in [1.29, 1.82) is 0 Å². The van der Waals surface area contributed by atoms with Gasteiger partial charge in [-0.25, -0.2) is 0 Å². The average Bonchev–Trinajstić information content (AvgIpc) is 3.00. The van der Waals surface area contributed by atoms with Crippen LogP contribution in [0.25, 0.3) is 0 Å². The molecule has 0 saturated heterocycles. The lowest BCUT2D eigenvalue weighted by molar-refractivity contribution is 0.0106. The molecular formula is C34H46O3S2. The Morgan fingerprint density at radius 1 is 0.538 bits per heavy atom. The highest BCUT2D eigenvalue weighted by Crippen LogP contribution is 2.41. The summed E-state index contributed by atoms with van der Waals surface area (Å²) >= 11 is 0. The lowest BCUT2D eigenvalue weighted by Gasteiger charge is -2.36. The van der Waals surface area contributed by atoms with Crippen LogP contribution in [0.3, 0.4) is 0 Å². The molecule has 0 radical (unpaired) electrons. The van der Waals surface area contributed by atoms with E-state index in [4.69, 9.17) is 14.2 Å². The molecule has 0 saturated carbocycles. The van der Waals surface area contributed by atoms with Crippen LogP contribution in [0.1, 0.15) is 81.4 Å². The fourth-order valence-electron chi connectivity index (χ4n) is 4.80. The van der Waals surface area contributed by atoms with Crippen LogP contribution < -0.4 is 9.47 Å². The maximum absolute atomic E-state index is 6.94. The molecule has 39 heavy (non-hydrogen) atoms. The van der Waals surface area contributed by atoms with Crippen LogP contribution in [-0.4, -0.2) is 32.3 Å². The van der Waals surface area contributed by atoms with Crippen LogP contribution in [0, 0.1) is 0 Å². The monoisotopic (exact) mass is 566 g/mol. The summed E-state index contributed by atoms with van der Waals surface area (Å²) in [6.07, 6.45) is 11.6. The molecule has 0 aliphatic carbocycles. The van der Waals surface area contributed by atoms with Gasteiger partial charge in [0.15, 0.2) is 0 Å². The van der Waals surface area contributed by atoms with Gasteiger partial charge in [0.25, 0.3) is 0 Å². The van der Waals surface area contributed by atoms with Gasteiger partial charge in [-0.15, -0.1) is 0 Å². The molecule has 0 heterocycles. The number of ether oxygens (including phenoxy) is 3. The van der Waals surface area contributed by atoms with Gasteiger partial charge in [-0.3, -0.25) is 0 Å². The summed E-state index contributed by atoms with van der Waals surface area (Å²) in [5.74, 6) is 4.21. The van der Waals surface area contributed by atoms with Crippen LogP contribution in [0.2, 0.25) is 0 Å². The molecule has 0 spiro atoms. The maximum Gasteiger partial charge on any atom is 0.143 e. The molecule has 0 fully saturated rings. The van der Waals surface area contributed by atoms with E-state index in [2.05, 4.69) is 72.3 Å². The Morgan fingerprint density at radius 2 is 1.00 bits per heavy atom. The van der Waals surface area contributed by atoms with E-state index in [1.165, 1.54) is 62.9 Å². The molecule has 3 rings (SSSR count). The second-order valence-corrected chi connectivity index (χ2v) is 12.5. The van der Waals surface area contributed by atoms with Gasteiger partial charge < -0.3 is 14.2 Å². The summed E-state index contributed by atoms with van der Waals surface area (Å²) in [4.78, 5) is 0.